The Kier molecular flexibility index (Phi) is 1.56. The Hall–Kier alpha value is -1.63. The number of nitrogens with zero attached hydrogens (tertiary/aromatic N) is 2. The molecule has 1 unspecified atom stereocenters. The van der Waals surface area contributed by atoms with E-state index < -0.39 is 23.1 Å². The molecule has 0 radical (unpaired) electrons. The van der Waals surface area contributed by atoms with Gasteiger partial charge in [-0.3, -0.25) is 4.98 Å². The Bertz CT molecular complexity index is 486. The Morgan fingerprint density at radius 2 is 2.14 bits per heavy atom. The van der Waals surface area contributed by atoms with Crippen LogP contribution in [-0.4, -0.2) is 25.2 Å². The van der Waals surface area contributed by atoms with Crippen molar-refractivity contribution in [2.45, 2.75) is 25.6 Å². The number of aromatic nitrogens is 3. The topological polar surface area (TPSA) is 100 Å². The standard InChI is InChI=1S/C7H10N4O3/c1-7(2)3(12)11-4(10-7)8-5(13)9-6(11)14/h3,12H,1-2H3,(H2,8,9,10,13,14). The molecule has 2 heterocycles. The van der Waals surface area contributed by atoms with Gasteiger partial charge in [-0.15, -0.1) is 0 Å². The maximum atomic E-state index is 11.3. The highest BCUT2D eigenvalue weighted by molar-refractivity contribution is 5.35. The second-order valence-electron chi connectivity index (χ2n) is 3.76. The summed E-state index contributed by atoms with van der Waals surface area (Å²) in [5, 5.41) is 12.5. The van der Waals surface area contributed by atoms with Crippen molar-refractivity contribution in [3.63, 3.8) is 0 Å². The fourth-order valence-corrected chi connectivity index (χ4v) is 1.42. The Morgan fingerprint density at radius 1 is 1.50 bits per heavy atom. The molecule has 3 N–H and O–H groups in total. The maximum Gasteiger partial charge on any atom is 0.352 e. The van der Waals surface area contributed by atoms with Gasteiger partial charge in [-0.2, -0.15) is 4.98 Å². The van der Waals surface area contributed by atoms with E-state index in [-0.39, 0.29) is 5.95 Å². The van der Waals surface area contributed by atoms with Crippen LogP contribution in [0.3, 0.4) is 0 Å². The first-order valence-electron chi connectivity index (χ1n) is 4.11. The normalized spacial score (nSPS) is 22.9. The van der Waals surface area contributed by atoms with Gasteiger partial charge in [0, 0.05) is 0 Å². The molecule has 0 saturated heterocycles. The summed E-state index contributed by atoms with van der Waals surface area (Å²) >= 11 is 0. The minimum Gasteiger partial charge on any atom is -0.371 e. The quantitative estimate of drug-likeness (QED) is 0.477. The van der Waals surface area contributed by atoms with Crippen LogP contribution in [0.15, 0.2) is 9.59 Å². The van der Waals surface area contributed by atoms with Gasteiger partial charge in [0.15, 0.2) is 6.23 Å². The summed E-state index contributed by atoms with van der Waals surface area (Å²) < 4.78 is 1.02. The number of anilines is 1. The first kappa shape index (κ1) is 8.95. The molecular formula is C7H10N4O3. The molecule has 1 aromatic heterocycles. The second-order valence-corrected chi connectivity index (χ2v) is 3.76. The molecule has 76 valence electrons. The number of fused-ring (bicyclic) bond motifs is 1. The minimum atomic E-state index is -1.03. The molecule has 0 amide bonds. The summed E-state index contributed by atoms with van der Waals surface area (Å²) in [6.07, 6.45) is -1.03. The minimum absolute atomic E-state index is 0.0938. The lowest BCUT2D eigenvalue weighted by atomic mass is 10.1. The van der Waals surface area contributed by atoms with E-state index in [1.807, 2.05) is 4.98 Å². The van der Waals surface area contributed by atoms with Gasteiger partial charge < -0.3 is 10.4 Å². The molecule has 0 aliphatic carbocycles. The van der Waals surface area contributed by atoms with E-state index in [9.17, 15) is 14.7 Å². The highest BCUT2D eigenvalue weighted by Crippen LogP contribution is 2.29. The summed E-state index contributed by atoms with van der Waals surface area (Å²) in [5.74, 6) is 0.0938. The van der Waals surface area contributed by atoms with Crippen molar-refractivity contribution in [3.05, 3.63) is 21.0 Å². The summed E-state index contributed by atoms with van der Waals surface area (Å²) in [6.45, 7) is 3.41. The molecule has 2 rings (SSSR count). The lowest BCUT2D eigenvalue weighted by Crippen LogP contribution is -2.37. The smallest absolute Gasteiger partial charge is 0.352 e. The van der Waals surface area contributed by atoms with Crippen molar-refractivity contribution in [2.24, 2.45) is 0 Å². The Labute approximate surface area is 78.4 Å². The molecule has 1 aromatic rings. The van der Waals surface area contributed by atoms with E-state index in [4.69, 9.17) is 0 Å². The van der Waals surface area contributed by atoms with Crippen molar-refractivity contribution in [2.75, 3.05) is 5.32 Å². The number of rotatable bonds is 0. The first-order valence-corrected chi connectivity index (χ1v) is 4.11. The lowest BCUT2D eigenvalue weighted by molar-refractivity contribution is 0.0618. The van der Waals surface area contributed by atoms with E-state index >= 15 is 0 Å². The summed E-state index contributed by atoms with van der Waals surface area (Å²) in [7, 11) is 0. The van der Waals surface area contributed by atoms with Crippen molar-refractivity contribution in [3.8, 4) is 0 Å². The van der Waals surface area contributed by atoms with Crippen molar-refractivity contribution in [1.29, 1.82) is 0 Å². The van der Waals surface area contributed by atoms with Crippen LogP contribution in [0.1, 0.15) is 20.1 Å². The summed E-state index contributed by atoms with van der Waals surface area (Å²) in [6, 6.07) is 0. The number of aromatic amines is 1. The van der Waals surface area contributed by atoms with Crippen LogP contribution < -0.4 is 16.7 Å². The zero-order chi connectivity index (χ0) is 10.5. The molecule has 14 heavy (non-hydrogen) atoms. The van der Waals surface area contributed by atoms with E-state index in [2.05, 4.69) is 10.3 Å². The predicted octanol–water partition coefficient (Wildman–Crippen LogP) is -1.37. The number of nitrogens with one attached hydrogen (secondary N) is 2. The molecule has 0 bridgehead atoms. The lowest BCUT2D eigenvalue weighted by Gasteiger charge is -2.21. The van der Waals surface area contributed by atoms with Gasteiger partial charge in [0.25, 0.3) is 0 Å². The van der Waals surface area contributed by atoms with Crippen LogP contribution in [-0.2, 0) is 0 Å². The molecule has 0 aromatic carbocycles. The number of aliphatic hydroxyl groups is 1. The Morgan fingerprint density at radius 3 is 2.79 bits per heavy atom. The molecule has 0 saturated carbocycles. The fraction of sp³-hybridized carbons (Fsp3) is 0.571. The van der Waals surface area contributed by atoms with Gasteiger partial charge in [-0.1, -0.05) is 0 Å². The SMILES string of the molecule is CC1(C)Nc2nc(=O)[nH]c(=O)n2C1O. The van der Waals surface area contributed by atoms with Gasteiger partial charge in [0.1, 0.15) is 0 Å². The zero-order valence-electron chi connectivity index (χ0n) is 7.74. The van der Waals surface area contributed by atoms with E-state index in [0.717, 1.165) is 4.57 Å². The Balaban J connectivity index is 2.72. The van der Waals surface area contributed by atoms with Gasteiger partial charge in [0.05, 0.1) is 5.54 Å². The van der Waals surface area contributed by atoms with Gasteiger partial charge >= 0.3 is 11.4 Å². The van der Waals surface area contributed by atoms with Crippen molar-refractivity contribution in [1.82, 2.24) is 14.5 Å². The highest BCUT2D eigenvalue weighted by Gasteiger charge is 2.39. The molecule has 1 aliphatic rings. The summed E-state index contributed by atoms with van der Waals surface area (Å²) in [4.78, 5) is 27.7. The van der Waals surface area contributed by atoms with Crippen LogP contribution in [0.2, 0.25) is 0 Å². The van der Waals surface area contributed by atoms with Gasteiger partial charge in [0.2, 0.25) is 5.95 Å². The fourth-order valence-electron chi connectivity index (χ4n) is 1.42. The van der Waals surface area contributed by atoms with Crippen LogP contribution in [0.5, 0.6) is 0 Å². The highest BCUT2D eigenvalue weighted by atomic mass is 16.3. The third kappa shape index (κ3) is 1.06. The molecule has 0 fully saturated rings. The summed E-state index contributed by atoms with van der Waals surface area (Å²) in [5.41, 5.74) is -2.09. The van der Waals surface area contributed by atoms with E-state index in [0.29, 0.717) is 0 Å². The van der Waals surface area contributed by atoms with E-state index in [1.165, 1.54) is 0 Å². The average molecular weight is 198 g/mol. The van der Waals surface area contributed by atoms with Crippen LogP contribution in [0.4, 0.5) is 5.95 Å². The number of hydrogen-bond acceptors (Lipinski definition) is 5. The molecule has 1 atom stereocenters. The molecular weight excluding hydrogens is 188 g/mol. The third-order valence-corrected chi connectivity index (χ3v) is 2.19. The van der Waals surface area contributed by atoms with Crippen molar-refractivity contribution >= 4 is 5.95 Å². The number of H-pyrrole nitrogens is 1. The largest absolute Gasteiger partial charge is 0.371 e. The second kappa shape index (κ2) is 2.44. The molecule has 0 spiro atoms. The molecule has 7 heteroatoms. The van der Waals surface area contributed by atoms with Crippen LogP contribution in [0.25, 0.3) is 0 Å². The maximum absolute atomic E-state index is 11.3. The predicted molar refractivity (Wildman–Crippen MR) is 48.1 cm³/mol. The third-order valence-electron chi connectivity index (χ3n) is 2.19. The monoisotopic (exact) mass is 198 g/mol. The first-order chi connectivity index (χ1) is 6.42. The number of hydrogen-bond donors (Lipinski definition) is 3. The van der Waals surface area contributed by atoms with Gasteiger partial charge in [-0.05, 0) is 13.8 Å². The van der Waals surface area contributed by atoms with Crippen molar-refractivity contribution < 1.29 is 5.11 Å². The number of aliphatic hydroxyl groups excluding tert-OH is 1. The molecule has 7 nitrogen and oxygen atoms in total. The van der Waals surface area contributed by atoms with Crippen LogP contribution >= 0.6 is 0 Å². The van der Waals surface area contributed by atoms with E-state index in [1.54, 1.807) is 13.8 Å². The van der Waals surface area contributed by atoms with Gasteiger partial charge in [-0.25, -0.2) is 14.2 Å². The zero-order valence-corrected chi connectivity index (χ0v) is 7.74. The molecule has 1 aliphatic heterocycles. The van der Waals surface area contributed by atoms with Crippen LogP contribution in [0, 0.1) is 0 Å². The average Bonchev–Trinajstić information content (AvgIpc) is 2.21.